The smallest absolute Gasteiger partial charge is 0.0681 e. The molecule has 1 saturated carbocycles. The Hall–Kier alpha value is -0.0400. The fraction of sp³-hybridized carbons (Fsp3) is 1.00. The van der Waals surface area contributed by atoms with Crippen LogP contribution < -0.4 is 0 Å². The Balaban J connectivity index is 2.75. The molecule has 0 saturated heterocycles. The summed E-state index contributed by atoms with van der Waals surface area (Å²) >= 11 is 0. The third kappa shape index (κ3) is 4.28. The number of hydrogen-bond acceptors (Lipinski definition) is 1. The van der Waals surface area contributed by atoms with Gasteiger partial charge in [0.25, 0.3) is 0 Å². The third-order valence-corrected chi connectivity index (χ3v) is 4.35. The van der Waals surface area contributed by atoms with Crippen LogP contribution in [0, 0.1) is 16.7 Å². The molecular formula is C16H32O. The minimum Gasteiger partial charge on any atom is -0.390 e. The molecule has 1 aliphatic carbocycles. The van der Waals surface area contributed by atoms with Crippen molar-refractivity contribution in [1.29, 1.82) is 0 Å². The van der Waals surface area contributed by atoms with Gasteiger partial charge in [0.15, 0.2) is 0 Å². The highest BCUT2D eigenvalue weighted by molar-refractivity contribution is 4.95. The van der Waals surface area contributed by atoms with Crippen molar-refractivity contribution in [1.82, 2.24) is 0 Å². The highest BCUT2D eigenvalue weighted by atomic mass is 16.3. The minimum atomic E-state index is -0.413. The Morgan fingerprint density at radius 1 is 1.06 bits per heavy atom. The topological polar surface area (TPSA) is 20.2 Å². The molecule has 0 aromatic heterocycles. The van der Waals surface area contributed by atoms with E-state index < -0.39 is 5.60 Å². The van der Waals surface area contributed by atoms with Crippen molar-refractivity contribution in [3.63, 3.8) is 0 Å². The fourth-order valence-electron chi connectivity index (χ4n) is 3.35. The first-order valence-electron chi connectivity index (χ1n) is 7.27. The summed E-state index contributed by atoms with van der Waals surface area (Å²) in [4.78, 5) is 0. The Morgan fingerprint density at radius 2 is 1.65 bits per heavy atom. The minimum absolute atomic E-state index is 0.229. The van der Waals surface area contributed by atoms with E-state index in [1.165, 1.54) is 19.3 Å². The molecule has 0 spiro atoms. The van der Waals surface area contributed by atoms with Gasteiger partial charge in [0.1, 0.15) is 0 Å². The van der Waals surface area contributed by atoms with Gasteiger partial charge in [-0.2, -0.15) is 0 Å². The van der Waals surface area contributed by atoms with Crippen molar-refractivity contribution in [2.24, 2.45) is 16.7 Å². The quantitative estimate of drug-likeness (QED) is 0.736. The molecule has 0 aromatic carbocycles. The second-order valence-corrected chi connectivity index (χ2v) is 8.33. The van der Waals surface area contributed by atoms with Gasteiger partial charge in [-0.15, -0.1) is 0 Å². The van der Waals surface area contributed by atoms with E-state index in [1.807, 2.05) is 0 Å². The monoisotopic (exact) mass is 240 g/mol. The van der Waals surface area contributed by atoms with E-state index in [2.05, 4.69) is 41.5 Å². The Kier molecular flexibility index (Phi) is 4.34. The lowest BCUT2D eigenvalue weighted by Crippen LogP contribution is -2.47. The van der Waals surface area contributed by atoms with Crippen molar-refractivity contribution >= 4 is 0 Å². The summed E-state index contributed by atoms with van der Waals surface area (Å²) in [7, 11) is 0. The van der Waals surface area contributed by atoms with Crippen LogP contribution in [0.1, 0.15) is 80.1 Å². The first kappa shape index (κ1) is 15.0. The van der Waals surface area contributed by atoms with Crippen LogP contribution in [0.25, 0.3) is 0 Å². The molecule has 1 rings (SSSR count). The van der Waals surface area contributed by atoms with Crippen molar-refractivity contribution < 1.29 is 5.11 Å². The summed E-state index contributed by atoms with van der Waals surface area (Å²) in [6.07, 6.45) is 6.79. The maximum Gasteiger partial charge on any atom is 0.0681 e. The van der Waals surface area contributed by atoms with Gasteiger partial charge in [-0.1, -0.05) is 54.4 Å². The Morgan fingerprint density at radius 3 is 2.12 bits per heavy atom. The molecule has 17 heavy (non-hydrogen) atoms. The second-order valence-electron chi connectivity index (χ2n) is 8.33. The maximum absolute atomic E-state index is 11.0. The van der Waals surface area contributed by atoms with Gasteiger partial charge in [-0.3, -0.25) is 0 Å². The van der Waals surface area contributed by atoms with Gasteiger partial charge < -0.3 is 5.11 Å². The van der Waals surface area contributed by atoms with Crippen LogP contribution in [0.15, 0.2) is 0 Å². The summed E-state index contributed by atoms with van der Waals surface area (Å²) in [6, 6.07) is 0. The molecule has 0 aliphatic heterocycles. The molecule has 1 fully saturated rings. The predicted octanol–water partition coefficient (Wildman–Crippen LogP) is 4.78. The van der Waals surface area contributed by atoms with Crippen LogP contribution in [0.2, 0.25) is 0 Å². The SMILES string of the molecule is CC(C)(C)CCC1(O)CCCCC1C(C)(C)C. The summed E-state index contributed by atoms with van der Waals surface area (Å²) < 4.78 is 0. The van der Waals surface area contributed by atoms with Crippen molar-refractivity contribution in [2.75, 3.05) is 0 Å². The summed E-state index contributed by atoms with van der Waals surface area (Å²) in [5.41, 5.74) is 0.145. The standard InChI is InChI=1S/C16H32O/c1-14(2,3)11-12-16(17)10-8-7-9-13(16)15(4,5)6/h13,17H,7-12H2,1-6H3. The van der Waals surface area contributed by atoms with Crippen LogP contribution in [0.5, 0.6) is 0 Å². The molecule has 0 radical (unpaired) electrons. The molecule has 2 atom stereocenters. The largest absolute Gasteiger partial charge is 0.390 e. The van der Waals surface area contributed by atoms with Gasteiger partial charge in [-0.05, 0) is 42.4 Å². The van der Waals surface area contributed by atoms with Gasteiger partial charge in [0.05, 0.1) is 5.60 Å². The molecule has 1 aliphatic rings. The van der Waals surface area contributed by atoms with Crippen LogP contribution in [-0.4, -0.2) is 10.7 Å². The molecule has 2 unspecified atom stereocenters. The van der Waals surface area contributed by atoms with Crippen molar-refractivity contribution in [3.05, 3.63) is 0 Å². The summed E-state index contributed by atoms with van der Waals surface area (Å²) in [5.74, 6) is 0.464. The lowest BCUT2D eigenvalue weighted by molar-refractivity contribution is -0.0997. The lowest BCUT2D eigenvalue weighted by Gasteiger charge is -2.47. The molecule has 1 nitrogen and oxygen atoms in total. The first-order valence-corrected chi connectivity index (χ1v) is 7.27. The lowest BCUT2D eigenvalue weighted by atomic mass is 9.61. The van der Waals surface area contributed by atoms with E-state index in [0.717, 1.165) is 19.3 Å². The highest BCUT2D eigenvalue weighted by Gasteiger charge is 2.44. The molecule has 1 heteroatoms. The summed E-state index contributed by atoms with van der Waals surface area (Å²) in [6.45, 7) is 13.7. The average Bonchev–Trinajstić information content (AvgIpc) is 2.13. The van der Waals surface area contributed by atoms with E-state index in [9.17, 15) is 5.11 Å². The van der Waals surface area contributed by atoms with Gasteiger partial charge >= 0.3 is 0 Å². The zero-order valence-electron chi connectivity index (χ0n) is 12.8. The predicted molar refractivity (Wildman–Crippen MR) is 75.1 cm³/mol. The van der Waals surface area contributed by atoms with Crippen molar-refractivity contribution in [3.8, 4) is 0 Å². The highest BCUT2D eigenvalue weighted by Crippen LogP contribution is 2.47. The van der Waals surface area contributed by atoms with Gasteiger partial charge in [0.2, 0.25) is 0 Å². The normalized spacial score (nSPS) is 31.6. The molecule has 1 N–H and O–H groups in total. The van der Waals surface area contributed by atoms with Gasteiger partial charge in [-0.25, -0.2) is 0 Å². The Labute approximate surface area is 108 Å². The fourth-order valence-corrected chi connectivity index (χ4v) is 3.35. The average molecular weight is 240 g/mol. The van der Waals surface area contributed by atoms with Crippen LogP contribution in [0.3, 0.4) is 0 Å². The Bertz CT molecular complexity index is 243. The third-order valence-electron chi connectivity index (χ3n) is 4.35. The van der Waals surface area contributed by atoms with Gasteiger partial charge in [0, 0.05) is 0 Å². The molecule has 0 amide bonds. The second kappa shape index (κ2) is 4.91. The molecule has 0 aromatic rings. The van der Waals surface area contributed by atoms with Crippen LogP contribution >= 0.6 is 0 Å². The van der Waals surface area contributed by atoms with E-state index in [-0.39, 0.29) is 5.41 Å². The number of aliphatic hydroxyl groups is 1. The zero-order valence-corrected chi connectivity index (χ0v) is 12.8. The number of rotatable bonds is 2. The van der Waals surface area contributed by atoms with E-state index in [1.54, 1.807) is 0 Å². The summed E-state index contributed by atoms with van der Waals surface area (Å²) in [5, 5.41) is 11.0. The van der Waals surface area contributed by atoms with E-state index in [4.69, 9.17) is 0 Å². The van der Waals surface area contributed by atoms with Crippen LogP contribution in [0.4, 0.5) is 0 Å². The zero-order chi connectivity index (χ0) is 13.3. The first-order chi connectivity index (χ1) is 7.55. The molecule has 0 heterocycles. The molecular weight excluding hydrogens is 208 g/mol. The van der Waals surface area contributed by atoms with E-state index in [0.29, 0.717) is 11.3 Å². The molecule has 0 bridgehead atoms. The number of hydrogen-bond donors (Lipinski definition) is 1. The van der Waals surface area contributed by atoms with Crippen molar-refractivity contribution in [2.45, 2.75) is 85.7 Å². The van der Waals surface area contributed by atoms with E-state index >= 15 is 0 Å². The van der Waals surface area contributed by atoms with Crippen LogP contribution in [-0.2, 0) is 0 Å². The molecule has 102 valence electrons. The maximum atomic E-state index is 11.0.